The summed E-state index contributed by atoms with van der Waals surface area (Å²) >= 11 is 0. The fourth-order valence-corrected chi connectivity index (χ4v) is 4.00. The molecule has 0 radical (unpaired) electrons. The third kappa shape index (κ3) is 1.56. The van der Waals surface area contributed by atoms with E-state index < -0.39 is 5.97 Å². The third-order valence-corrected chi connectivity index (χ3v) is 5.20. The lowest BCUT2D eigenvalue weighted by atomic mass is 9.83. The highest BCUT2D eigenvalue weighted by Crippen LogP contribution is 2.48. The highest BCUT2D eigenvalue weighted by molar-refractivity contribution is 5.70. The molecule has 2 bridgehead atoms. The van der Waals surface area contributed by atoms with Crippen LogP contribution in [0.25, 0.3) is 0 Å². The Morgan fingerprint density at radius 1 is 1.31 bits per heavy atom. The van der Waals surface area contributed by atoms with Gasteiger partial charge in [0.1, 0.15) is 0 Å². The monoisotopic (exact) mass is 223 g/mol. The van der Waals surface area contributed by atoms with Crippen molar-refractivity contribution < 1.29 is 9.90 Å². The van der Waals surface area contributed by atoms with Gasteiger partial charge in [-0.15, -0.1) is 0 Å². The zero-order chi connectivity index (χ0) is 11.3. The second kappa shape index (κ2) is 3.73. The highest BCUT2D eigenvalue weighted by Gasteiger charge is 2.46. The number of fused-ring (bicyclic) bond motifs is 2. The molecular weight excluding hydrogens is 202 g/mol. The van der Waals surface area contributed by atoms with Crippen LogP contribution in [0.15, 0.2) is 0 Å². The van der Waals surface area contributed by atoms with Crippen LogP contribution in [0.4, 0.5) is 0 Å². The van der Waals surface area contributed by atoms with Gasteiger partial charge in [0.2, 0.25) is 0 Å². The molecule has 4 unspecified atom stereocenters. The Labute approximate surface area is 96.8 Å². The average molecular weight is 223 g/mol. The Morgan fingerprint density at radius 3 is 2.56 bits per heavy atom. The first-order chi connectivity index (χ1) is 7.65. The summed E-state index contributed by atoms with van der Waals surface area (Å²) in [5.41, 5.74) is 0. The Kier molecular flexibility index (Phi) is 2.46. The molecule has 3 fully saturated rings. The van der Waals surface area contributed by atoms with Gasteiger partial charge in [-0.25, -0.2) is 0 Å². The quantitative estimate of drug-likeness (QED) is 0.793. The van der Waals surface area contributed by atoms with Crippen LogP contribution in [0.2, 0.25) is 0 Å². The smallest absolute Gasteiger partial charge is 0.306 e. The largest absolute Gasteiger partial charge is 0.481 e. The van der Waals surface area contributed by atoms with Crippen LogP contribution in [0.5, 0.6) is 0 Å². The lowest BCUT2D eigenvalue weighted by Crippen LogP contribution is -2.56. The lowest BCUT2D eigenvalue weighted by molar-refractivity contribution is -0.146. The predicted molar refractivity (Wildman–Crippen MR) is 61.1 cm³/mol. The topological polar surface area (TPSA) is 40.5 Å². The maximum Gasteiger partial charge on any atom is 0.306 e. The van der Waals surface area contributed by atoms with Gasteiger partial charge < -0.3 is 5.11 Å². The van der Waals surface area contributed by atoms with Gasteiger partial charge in [-0.3, -0.25) is 9.69 Å². The van der Waals surface area contributed by atoms with Crippen molar-refractivity contribution in [2.75, 3.05) is 13.1 Å². The molecule has 90 valence electrons. The van der Waals surface area contributed by atoms with E-state index in [1.807, 2.05) is 6.92 Å². The first-order valence-electron chi connectivity index (χ1n) is 6.62. The molecule has 0 aromatic carbocycles. The number of likely N-dealkylation sites (tertiary alicyclic amines) is 1. The van der Waals surface area contributed by atoms with Crippen LogP contribution >= 0.6 is 0 Å². The van der Waals surface area contributed by atoms with Crippen LogP contribution < -0.4 is 0 Å². The number of hydrogen-bond acceptors (Lipinski definition) is 2. The molecule has 3 heteroatoms. The Morgan fingerprint density at radius 2 is 2.06 bits per heavy atom. The molecule has 16 heavy (non-hydrogen) atoms. The van der Waals surface area contributed by atoms with E-state index in [1.165, 1.54) is 25.7 Å². The van der Waals surface area contributed by atoms with Gasteiger partial charge in [-0.1, -0.05) is 13.3 Å². The molecule has 3 aliphatic rings. The SMILES string of the molecule is CC(C(=O)O)C1CN(C2CC3CCC2C3)C1. The summed E-state index contributed by atoms with van der Waals surface area (Å²) in [5, 5.41) is 8.96. The molecule has 0 spiro atoms. The molecule has 4 atom stereocenters. The summed E-state index contributed by atoms with van der Waals surface area (Å²) < 4.78 is 0. The number of carboxylic acid groups (broad SMARTS) is 1. The second-order valence-corrected chi connectivity index (χ2v) is 6.08. The fourth-order valence-electron chi connectivity index (χ4n) is 4.00. The Bertz CT molecular complexity index is 298. The van der Waals surface area contributed by atoms with Crippen LogP contribution in [0.3, 0.4) is 0 Å². The maximum atomic E-state index is 10.9. The van der Waals surface area contributed by atoms with Gasteiger partial charge in [0, 0.05) is 19.1 Å². The van der Waals surface area contributed by atoms with Crippen LogP contribution in [0.1, 0.15) is 32.6 Å². The third-order valence-electron chi connectivity index (χ3n) is 5.20. The van der Waals surface area contributed by atoms with Crippen molar-refractivity contribution in [3.05, 3.63) is 0 Å². The molecule has 1 aliphatic heterocycles. The molecule has 1 saturated heterocycles. The number of carbonyl (C=O) groups is 1. The first kappa shape index (κ1) is 10.6. The number of rotatable bonds is 3. The van der Waals surface area contributed by atoms with Crippen LogP contribution in [0, 0.1) is 23.7 Å². The van der Waals surface area contributed by atoms with E-state index in [0.29, 0.717) is 5.92 Å². The Hall–Kier alpha value is -0.570. The summed E-state index contributed by atoms with van der Waals surface area (Å²) in [5.74, 6) is 1.54. The average Bonchev–Trinajstić information content (AvgIpc) is 2.76. The van der Waals surface area contributed by atoms with Gasteiger partial charge in [0.25, 0.3) is 0 Å². The minimum absolute atomic E-state index is 0.158. The number of carboxylic acids is 1. The van der Waals surface area contributed by atoms with Gasteiger partial charge in [-0.2, -0.15) is 0 Å². The molecule has 1 N–H and O–H groups in total. The molecule has 2 saturated carbocycles. The molecule has 2 aliphatic carbocycles. The number of hydrogen-bond donors (Lipinski definition) is 1. The number of aliphatic carboxylic acids is 1. The normalized spacial score (nSPS) is 40.9. The number of nitrogens with zero attached hydrogens (tertiary/aromatic N) is 1. The van der Waals surface area contributed by atoms with Crippen molar-refractivity contribution in [2.45, 2.75) is 38.6 Å². The predicted octanol–water partition coefficient (Wildman–Crippen LogP) is 1.83. The van der Waals surface area contributed by atoms with Gasteiger partial charge in [0.15, 0.2) is 0 Å². The minimum atomic E-state index is -0.627. The summed E-state index contributed by atoms with van der Waals surface area (Å²) in [6.45, 7) is 3.91. The molecule has 1 heterocycles. The van der Waals surface area contributed by atoms with Gasteiger partial charge >= 0.3 is 5.97 Å². The van der Waals surface area contributed by atoms with Crippen molar-refractivity contribution in [3.63, 3.8) is 0 Å². The fraction of sp³-hybridized carbons (Fsp3) is 0.923. The standard InChI is InChI=1S/C13H21NO2/c1-8(13(15)16)11-6-14(7-11)12-5-9-2-3-10(12)4-9/h8-12H,2-7H2,1H3,(H,15,16). The summed E-state index contributed by atoms with van der Waals surface area (Å²) in [6.07, 6.45) is 5.70. The van der Waals surface area contributed by atoms with Crippen LogP contribution in [-0.4, -0.2) is 35.1 Å². The molecule has 0 amide bonds. The summed E-state index contributed by atoms with van der Waals surface area (Å²) in [7, 11) is 0. The van der Waals surface area contributed by atoms with Crippen molar-refractivity contribution in [3.8, 4) is 0 Å². The van der Waals surface area contributed by atoms with E-state index in [0.717, 1.165) is 31.0 Å². The zero-order valence-electron chi connectivity index (χ0n) is 9.93. The van der Waals surface area contributed by atoms with E-state index in [-0.39, 0.29) is 5.92 Å². The van der Waals surface area contributed by atoms with Gasteiger partial charge in [-0.05, 0) is 37.0 Å². The maximum absolute atomic E-state index is 10.9. The van der Waals surface area contributed by atoms with Crippen LogP contribution in [-0.2, 0) is 4.79 Å². The molecule has 3 nitrogen and oxygen atoms in total. The van der Waals surface area contributed by atoms with Gasteiger partial charge in [0.05, 0.1) is 5.92 Å². The summed E-state index contributed by atoms with van der Waals surface area (Å²) in [6, 6.07) is 0.802. The van der Waals surface area contributed by atoms with Crippen molar-refractivity contribution in [2.24, 2.45) is 23.7 Å². The van der Waals surface area contributed by atoms with Crippen molar-refractivity contribution >= 4 is 5.97 Å². The van der Waals surface area contributed by atoms with E-state index >= 15 is 0 Å². The summed E-state index contributed by atoms with van der Waals surface area (Å²) in [4.78, 5) is 13.4. The van der Waals surface area contributed by atoms with E-state index in [1.54, 1.807) is 0 Å². The zero-order valence-corrected chi connectivity index (χ0v) is 9.93. The van der Waals surface area contributed by atoms with Crippen molar-refractivity contribution in [1.29, 1.82) is 0 Å². The highest BCUT2D eigenvalue weighted by atomic mass is 16.4. The molecular formula is C13H21NO2. The molecule has 0 aromatic rings. The Balaban J connectivity index is 1.52. The van der Waals surface area contributed by atoms with E-state index in [4.69, 9.17) is 5.11 Å². The second-order valence-electron chi connectivity index (χ2n) is 6.08. The molecule has 3 rings (SSSR count). The van der Waals surface area contributed by atoms with E-state index in [9.17, 15) is 4.79 Å². The minimum Gasteiger partial charge on any atom is -0.481 e. The van der Waals surface area contributed by atoms with E-state index in [2.05, 4.69) is 4.90 Å². The van der Waals surface area contributed by atoms with Crippen molar-refractivity contribution in [1.82, 2.24) is 4.90 Å². The molecule has 0 aromatic heterocycles. The first-order valence-corrected chi connectivity index (χ1v) is 6.62. The lowest BCUT2D eigenvalue weighted by Gasteiger charge is -2.47.